The number of esters is 1. The Morgan fingerprint density at radius 2 is 1.71 bits per heavy atom. The molecule has 0 aliphatic carbocycles. The Balaban J connectivity index is 1.71. The molecule has 7 heteroatoms. The number of carbonyl (C=O) groups excluding carboxylic acids is 3. The zero-order valence-corrected chi connectivity index (χ0v) is 15.4. The Bertz CT molecular complexity index is 840. The Labute approximate surface area is 161 Å². The van der Waals surface area contributed by atoms with Crippen molar-refractivity contribution in [3.8, 4) is 0 Å². The van der Waals surface area contributed by atoms with Crippen molar-refractivity contribution >= 4 is 17.7 Å². The van der Waals surface area contributed by atoms with Gasteiger partial charge in [-0.05, 0) is 23.3 Å². The highest BCUT2D eigenvalue weighted by atomic mass is 19.2. The summed E-state index contributed by atoms with van der Waals surface area (Å²) in [6.45, 7) is 1.42. The first-order valence-electron chi connectivity index (χ1n) is 8.78. The minimum Gasteiger partial charge on any atom is -0.461 e. The van der Waals surface area contributed by atoms with Crippen LogP contribution in [0.3, 0.4) is 0 Å². The first kappa shape index (κ1) is 21.2. The van der Waals surface area contributed by atoms with Gasteiger partial charge in [0, 0.05) is 12.3 Å². The van der Waals surface area contributed by atoms with E-state index in [1.807, 2.05) is 30.3 Å². The molecular weight excluding hydrogens is 368 g/mol. The van der Waals surface area contributed by atoms with Crippen molar-refractivity contribution in [2.75, 3.05) is 6.54 Å². The van der Waals surface area contributed by atoms with E-state index in [1.165, 1.54) is 6.07 Å². The zero-order valence-electron chi connectivity index (χ0n) is 15.4. The van der Waals surface area contributed by atoms with Gasteiger partial charge in [0.25, 0.3) is 0 Å². The molecule has 0 aliphatic rings. The molecule has 0 aliphatic heterocycles. The summed E-state index contributed by atoms with van der Waals surface area (Å²) in [6, 6.07) is 12.4. The smallest absolute Gasteiger partial charge is 0.306 e. The van der Waals surface area contributed by atoms with Gasteiger partial charge >= 0.3 is 5.97 Å². The van der Waals surface area contributed by atoms with Gasteiger partial charge in [-0.25, -0.2) is 8.78 Å². The fourth-order valence-corrected chi connectivity index (χ4v) is 2.44. The monoisotopic (exact) mass is 389 g/mol. The summed E-state index contributed by atoms with van der Waals surface area (Å²) in [5.41, 5.74) is 1.16. The zero-order chi connectivity index (χ0) is 20.5. The maximum Gasteiger partial charge on any atom is 0.306 e. The number of rotatable bonds is 9. The van der Waals surface area contributed by atoms with Gasteiger partial charge in [0.1, 0.15) is 6.61 Å². The third-order valence-electron chi connectivity index (χ3n) is 4.01. The quantitative estimate of drug-likeness (QED) is 0.670. The summed E-state index contributed by atoms with van der Waals surface area (Å²) >= 11 is 0. The molecule has 28 heavy (non-hydrogen) atoms. The van der Waals surface area contributed by atoms with E-state index in [0.29, 0.717) is 5.56 Å². The molecule has 1 atom stereocenters. The van der Waals surface area contributed by atoms with Crippen LogP contribution in [0.4, 0.5) is 8.78 Å². The van der Waals surface area contributed by atoms with Gasteiger partial charge in [-0.15, -0.1) is 0 Å². The van der Waals surface area contributed by atoms with Gasteiger partial charge in [-0.2, -0.15) is 0 Å². The number of benzene rings is 2. The second-order valence-corrected chi connectivity index (χ2v) is 6.43. The van der Waals surface area contributed by atoms with E-state index in [-0.39, 0.29) is 31.8 Å². The second kappa shape index (κ2) is 10.3. The van der Waals surface area contributed by atoms with Gasteiger partial charge in [0.15, 0.2) is 17.4 Å². The average molecular weight is 389 g/mol. The maximum atomic E-state index is 13.1. The third-order valence-corrected chi connectivity index (χ3v) is 4.01. The van der Waals surface area contributed by atoms with Crippen LogP contribution in [0.2, 0.25) is 0 Å². The van der Waals surface area contributed by atoms with Gasteiger partial charge in [-0.1, -0.05) is 43.3 Å². The highest BCUT2D eigenvalue weighted by Crippen LogP contribution is 2.10. The van der Waals surface area contributed by atoms with Crippen molar-refractivity contribution in [2.45, 2.75) is 26.4 Å². The molecule has 2 aromatic carbocycles. The highest BCUT2D eigenvalue weighted by Gasteiger charge is 2.19. The Kier molecular flexibility index (Phi) is 7.80. The third kappa shape index (κ3) is 6.90. The molecule has 2 rings (SSSR count). The number of ether oxygens (including phenoxy) is 1. The number of hydrogen-bond donors (Lipinski definition) is 1. The van der Waals surface area contributed by atoms with E-state index in [2.05, 4.69) is 5.32 Å². The molecule has 0 bridgehead atoms. The molecule has 0 heterocycles. The van der Waals surface area contributed by atoms with Crippen LogP contribution in [-0.2, 0) is 32.1 Å². The lowest BCUT2D eigenvalue weighted by molar-refractivity contribution is -0.147. The highest BCUT2D eigenvalue weighted by molar-refractivity contribution is 5.89. The van der Waals surface area contributed by atoms with Crippen LogP contribution >= 0.6 is 0 Å². The van der Waals surface area contributed by atoms with E-state index < -0.39 is 29.4 Å². The molecule has 0 aromatic heterocycles. The summed E-state index contributed by atoms with van der Waals surface area (Å²) < 4.78 is 31.1. The molecule has 0 saturated carbocycles. The lowest BCUT2D eigenvalue weighted by Crippen LogP contribution is -2.35. The molecule has 1 N–H and O–H groups in total. The van der Waals surface area contributed by atoms with E-state index in [9.17, 15) is 23.2 Å². The van der Waals surface area contributed by atoms with E-state index in [1.54, 1.807) is 6.92 Å². The SMILES string of the molecule is C[C@@H](CC(=O)OCc1ccccc1)C(=O)NCC(=O)Cc1ccc(F)c(F)c1. The minimum atomic E-state index is -1.03. The van der Waals surface area contributed by atoms with Crippen LogP contribution in [0.5, 0.6) is 0 Å². The fraction of sp³-hybridized carbons (Fsp3) is 0.286. The van der Waals surface area contributed by atoms with E-state index >= 15 is 0 Å². The standard InChI is InChI=1S/C21H21F2NO4/c1-14(9-20(26)28-13-15-5-3-2-4-6-15)21(27)24-12-17(25)10-16-7-8-18(22)19(23)11-16/h2-8,11,14H,9-10,12-13H2,1H3,(H,24,27)/t14-/m0/s1. The number of nitrogens with one attached hydrogen (secondary N) is 1. The number of amides is 1. The maximum absolute atomic E-state index is 13.1. The van der Waals surface area contributed by atoms with Crippen LogP contribution < -0.4 is 5.32 Å². The first-order chi connectivity index (χ1) is 13.3. The molecule has 1 amide bonds. The van der Waals surface area contributed by atoms with Gasteiger partial charge in [0.05, 0.1) is 13.0 Å². The van der Waals surface area contributed by atoms with Crippen molar-refractivity contribution in [2.24, 2.45) is 5.92 Å². The lowest BCUT2D eigenvalue weighted by Gasteiger charge is -2.12. The van der Waals surface area contributed by atoms with E-state index in [0.717, 1.165) is 17.7 Å². The first-order valence-corrected chi connectivity index (χ1v) is 8.78. The summed E-state index contributed by atoms with van der Waals surface area (Å²) in [7, 11) is 0. The topological polar surface area (TPSA) is 72.5 Å². The molecule has 0 unspecified atom stereocenters. The molecular formula is C21H21F2NO4. The number of Topliss-reactive ketones (excluding diaryl/α,β-unsaturated/α-hetero) is 1. The Hall–Kier alpha value is -3.09. The van der Waals surface area contributed by atoms with Gasteiger partial charge in [0.2, 0.25) is 5.91 Å². The normalized spacial score (nSPS) is 11.5. The van der Waals surface area contributed by atoms with Crippen molar-refractivity contribution in [3.05, 3.63) is 71.3 Å². The Morgan fingerprint density at radius 1 is 1.00 bits per heavy atom. The molecule has 2 aromatic rings. The summed E-state index contributed by atoms with van der Waals surface area (Å²) in [5, 5.41) is 2.44. The molecule has 0 saturated heterocycles. The number of halogens is 2. The molecule has 148 valence electrons. The molecule has 5 nitrogen and oxygen atoms in total. The van der Waals surface area contributed by atoms with Gasteiger partial charge in [-0.3, -0.25) is 14.4 Å². The predicted molar refractivity (Wildman–Crippen MR) is 98.1 cm³/mol. The van der Waals surface area contributed by atoms with Crippen molar-refractivity contribution < 1.29 is 27.9 Å². The van der Waals surface area contributed by atoms with Crippen LogP contribution in [-0.4, -0.2) is 24.2 Å². The van der Waals surface area contributed by atoms with E-state index in [4.69, 9.17) is 4.74 Å². The van der Waals surface area contributed by atoms with Crippen LogP contribution in [0, 0.1) is 17.6 Å². The van der Waals surface area contributed by atoms with Crippen molar-refractivity contribution in [1.29, 1.82) is 0 Å². The number of ketones is 1. The van der Waals surface area contributed by atoms with Gasteiger partial charge < -0.3 is 10.1 Å². The minimum absolute atomic E-state index is 0.115. The summed E-state index contributed by atoms with van der Waals surface area (Å²) in [6.07, 6.45) is -0.249. The fourth-order valence-electron chi connectivity index (χ4n) is 2.44. The molecule has 0 radical (unpaired) electrons. The van der Waals surface area contributed by atoms with Crippen molar-refractivity contribution in [3.63, 3.8) is 0 Å². The molecule has 0 fully saturated rings. The summed E-state index contributed by atoms with van der Waals surface area (Å²) in [4.78, 5) is 35.8. The van der Waals surface area contributed by atoms with Crippen molar-refractivity contribution in [1.82, 2.24) is 5.32 Å². The second-order valence-electron chi connectivity index (χ2n) is 6.43. The Morgan fingerprint density at radius 3 is 2.39 bits per heavy atom. The van der Waals surface area contributed by atoms with Crippen LogP contribution in [0.1, 0.15) is 24.5 Å². The average Bonchev–Trinajstić information content (AvgIpc) is 2.68. The summed E-state index contributed by atoms with van der Waals surface area (Å²) in [5.74, 6) is -4.03. The van der Waals surface area contributed by atoms with Crippen LogP contribution in [0.15, 0.2) is 48.5 Å². The lowest BCUT2D eigenvalue weighted by atomic mass is 10.1. The number of hydrogen-bond acceptors (Lipinski definition) is 4. The predicted octanol–water partition coefficient (Wildman–Crippen LogP) is 2.96. The number of carbonyl (C=O) groups is 3. The van der Waals surface area contributed by atoms with Crippen LogP contribution in [0.25, 0.3) is 0 Å². The largest absolute Gasteiger partial charge is 0.461 e. The molecule has 0 spiro atoms.